The first-order valence-electron chi connectivity index (χ1n) is 7.60. The van der Waals surface area contributed by atoms with E-state index in [0.29, 0.717) is 13.2 Å². The first-order valence-corrected chi connectivity index (χ1v) is 9.01. The first-order chi connectivity index (χ1) is 10.1. The highest BCUT2D eigenvalue weighted by atomic mass is 32.2. The lowest BCUT2D eigenvalue weighted by molar-refractivity contribution is 0.0990. The summed E-state index contributed by atoms with van der Waals surface area (Å²) in [6.07, 6.45) is 5.91. The lowest BCUT2D eigenvalue weighted by atomic mass is 10.2. The molecule has 5 heteroatoms. The zero-order chi connectivity index (χ0) is 15.6. The van der Waals surface area contributed by atoms with Crippen LogP contribution in [0.5, 0.6) is 0 Å². The third-order valence-corrected chi connectivity index (χ3v) is 4.49. The fourth-order valence-electron chi connectivity index (χ4n) is 1.89. The van der Waals surface area contributed by atoms with Crippen LogP contribution in [0, 0.1) is 6.92 Å². The van der Waals surface area contributed by atoms with Crippen molar-refractivity contribution in [3.8, 4) is 0 Å². The molecule has 0 radical (unpaired) electrons. The lowest BCUT2D eigenvalue weighted by Crippen LogP contribution is -2.12. The molecular formula is C16H26O4S. The molecule has 0 amide bonds. The van der Waals surface area contributed by atoms with Gasteiger partial charge in [-0.25, -0.2) is 0 Å². The Hall–Kier alpha value is -0.910. The predicted molar refractivity (Wildman–Crippen MR) is 83.9 cm³/mol. The van der Waals surface area contributed by atoms with Crippen LogP contribution in [0.4, 0.5) is 0 Å². The molecule has 0 aliphatic carbocycles. The summed E-state index contributed by atoms with van der Waals surface area (Å²) < 4.78 is 34.1. The topological polar surface area (TPSA) is 52.6 Å². The maximum Gasteiger partial charge on any atom is 0.297 e. The number of rotatable bonds is 11. The Morgan fingerprint density at radius 1 is 0.905 bits per heavy atom. The number of hydrogen-bond donors (Lipinski definition) is 0. The van der Waals surface area contributed by atoms with Crippen molar-refractivity contribution in [1.82, 2.24) is 0 Å². The summed E-state index contributed by atoms with van der Waals surface area (Å²) in [6.45, 7) is 5.12. The molecule has 0 saturated carbocycles. The maximum absolute atomic E-state index is 11.9. The van der Waals surface area contributed by atoms with Crippen LogP contribution in [0.25, 0.3) is 0 Å². The largest absolute Gasteiger partial charge is 0.379 e. The Bertz CT molecular complexity index is 480. The van der Waals surface area contributed by atoms with Gasteiger partial charge in [-0.2, -0.15) is 8.42 Å². The van der Waals surface area contributed by atoms with E-state index in [4.69, 9.17) is 8.92 Å². The molecule has 0 spiro atoms. The van der Waals surface area contributed by atoms with Crippen LogP contribution in [0.2, 0.25) is 0 Å². The molecule has 1 rings (SSSR count). The van der Waals surface area contributed by atoms with Gasteiger partial charge < -0.3 is 4.74 Å². The van der Waals surface area contributed by atoms with E-state index in [1.807, 2.05) is 6.92 Å². The van der Waals surface area contributed by atoms with Gasteiger partial charge in [-0.15, -0.1) is 0 Å². The van der Waals surface area contributed by atoms with Gasteiger partial charge in [0.1, 0.15) is 0 Å². The van der Waals surface area contributed by atoms with Crippen molar-refractivity contribution in [3.63, 3.8) is 0 Å². The molecule has 21 heavy (non-hydrogen) atoms. The van der Waals surface area contributed by atoms with Gasteiger partial charge in [-0.3, -0.25) is 4.18 Å². The van der Waals surface area contributed by atoms with Crippen molar-refractivity contribution in [2.24, 2.45) is 0 Å². The van der Waals surface area contributed by atoms with Gasteiger partial charge in [-0.1, -0.05) is 50.3 Å². The second-order valence-electron chi connectivity index (χ2n) is 5.12. The SMILES string of the molecule is CCCCCCCOCCOS(=O)(=O)c1ccc(C)cc1. The van der Waals surface area contributed by atoms with Gasteiger partial charge in [0.05, 0.1) is 18.1 Å². The monoisotopic (exact) mass is 314 g/mol. The zero-order valence-electron chi connectivity index (χ0n) is 13.0. The molecule has 0 saturated heterocycles. The molecule has 0 aliphatic rings. The Labute approximate surface area is 128 Å². The predicted octanol–water partition coefficient (Wildman–Crippen LogP) is 3.69. The van der Waals surface area contributed by atoms with Crippen LogP contribution in [0.3, 0.4) is 0 Å². The summed E-state index contributed by atoms with van der Waals surface area (Å²) in [7, 11) is -3.66. The maximum atomic E-state index is 11.9. The average Bonchev–Trinajstić information content (AvgIpc) is 2.46. The number of benzene rings is 1. The summed E-state index contributed by atoms with van der Waals surface area (Å²) in [5.74, 6) is 0. The van der Waals surface area contributed by atoms with Crippen LogP contribution >= 0.6 is 0 Å². The third-order valence-electron chi connectivity index (χ3n) is 3.17. The molecule has 0 aromatic heterocycles. The van der Waals surface area contributed by atoms with Crippen molar-refractivity contribution < 1.29 is 17.3 Å². The average molecular weight is 314 g/mol. The van der Waals surface area contributed by atoms with Gasteiger partial charge in [-0.05, 0) is 25.5 Å². The minimum atomic E-state index is -3.66. The van der Waals surface area contributed by atoms with Crippen LogP contribution in [0.15, 0.2) is 29.2 Å². The molecular weight excluding hydrogens is 288 g/mol. The summed E-state index contributed by atoms with van der Waals surface area (Å²) in [5.41, 5.74) is 1.01. The normalized spacial score (nSPS) is 11.7. The van der Waals surface area contributed by atoms with Gasteiger partial charge >= 0.3 is 0 Å². The molecule has 4 nitrogen and oxygen atoms in total. The van der Waals surface area contributed by atoms with Gasteiger partial charge in [0.25, 0.3) is 10.1 Å². The number of ether oxygens (including phenoxy) is 1. The van der Waals surface area contributed by atoms with E-state index in [0.717, 1.165) is 18.4 Å². The molecule has 0 aliphatic heterocycles. The van der Waals surface area contributed by atoms with Crippen molar-refractivity contribution in [2.45, 2.75) is 50.8 Å². The Kier molecular flexibility index (Phi) is 8.57. The second kappa shape index (κ2) is 9.92. The number of aryl methyl sites for hydroxylation is 1. The van der Waals surface area contributed by atoms with Crippen molar-refractivity contribution in [1.29, 1.82) is 0 Å². The Morgan fingerprint density at radius 3 is 2.24 bits per heavy atom. The summed E-state index contributed by atoms with van der Waals surface area (Å²) in [4.78, 5) is 0.188. The van der Waals surface area contributed by atoms with Gasteiger partial charge in [0.2, 0.25) is 0 Å². The minimum Gasteiger partial charge on any atom is -0.379 e. The first kappa shape index (κ1) is 18.1. The van der Waals surface area contributed by atoms with Crippen LogP contribution in [-0.2, 0) is 19.0 Å². The smallest absolute Gasteiger partial charge is 0.297 e. The molecule has 0 heterocycles. The highest BCUT2D eigenvalue weighted by molar-refractivity contribution is 7.86. The lowest BCUT2D eigenvalue weighted by Gasteiger charge is -2.07. The second-order valence-corrected chi connectivity index (χ2v) is 6.73. The molecule has 1 aromatic carbocycles. The van der Waals surface area contributed by atoms with E-state index < -0.39 is 10.1 Å². The molecule has 0 unspecified atom stereocenters. The zero-order valence-corrected chi connectivity index (χ0v) is 13.8. The van der Waals surface area contributed by atoms with E-state index >= 15 is 0 Å². The van der Waals surface area contributed by atoms with E-state index in [1.54, 1.807) is 24.3 Å². The molecule has 0 fully saturated rings. The minimum absolute atomic E-state index is 0.0607. The Morgan fingerprint density at radius 2 is 1.57 bits per heavy atom. The van der Waals surface area contributed by atoms with E-state index in [9.17, 15) is 8.42 Å². The van der Waals surface area contributed by atoms with Crippen molar-refractivity contribution in [3.05, 3.63) is 29.8 Å². The molecule has 0 N–H and O–H groups in total. The van der Waals surface area contributed by atoms with Crippen LogP contribution < -0.4 is 0 Å². The van der Waals surface area contributed by atoms with Crippen LogP contribution in [-0.4, -0.2) is 28.2 Å². The summed E-state index contributed by atoms with van der Waals surface area (Å²) in [6, 6.07) is 6.62. The number of unbranched alkanes of at least 4 members (excludes halogenated alkanes) is 4. The molecule has 120 valence electrons. The fourth-order valence-corrected chi connectivity index (χ4v) is 2.78. The fraction of sp³-hybridized carbons (Fsp3) is 0.625. The van der Waals surface area contributed by atoms with Gasteiger partial charge in [0, 0.05) is 6.61 Å². The van der Waals surface area contributed by atoms with E-state index in [2.05, 4.69) is 6.92 Å². The van der Waals surface area contributed by atoms with Crippen molar-refractivity contribution in [2.75, 3.05) is 19.8 Å². The van der Waals surface area contributed by atoms with Crippen molar-refractivity contribution >= 4 is 10.1 Å². The van der Waals surface area contributed by atoms with Gasteiger partial charge in [0.15, 0.2) is 0 Å². The Balaban J connectivity index is 2.15. The third kappa shape index (κ3) is 7.60. The van der Waals surface area contributed by atoms with E-state index in [1.165, 1.54) is 19.3 Å². The molecule has 0 atom stereocenters. The van der Waals surface area contributed by atoms with Crippen LogP contribution in [0.1, 0.15) is 44.6 Å². The molecule has 1 aromatic rings. The highest BCUT2D eigenvalue weighted by Crippen LogP contribution is 2.13. The number of hydrogen-bond acceptors (Lipinski definition) is 4. The quantitative estimate of drug-likeness (QED) is 0.462. The summed E-state index contributed by atoms with van der Waals surface area (Å²) >= 11 is 0. The summed E-state index contributed by atoms with van der Waals surface area (Å²) in [5, 5.41) is 0. The van der Waals surface area contributed by atoms with E-state index in [-0.39, 0.29) is 11.5 Å². The molecule has 0 bridgehead atoms. The standard InChI is InChI=1S/C16H26O4S/c1-3-4-5-6-7-12-19-13-14-20-21(17,18)16-10-8-15(2)9-11-16/h8-11H,3-7,12-14H2,1-2H3. The highest BCUT2D eigenvalue weighted by Gasteiger charge is 2.14.